The SMILES string of the molecule is O[C@@H]1c2ccccc2C=C[C@H]1OCc1ccccc1. The fourth-order valence-corrected chi connectivity index (χ4v) is 2.33. The second kappa shape index (κ2) is 5.39. The van der Waals surface area contributed by atoms with E-state index in [-0.39, 0.29) is 6.10 Å². The van der Waals surface area contributed by atoms with E-state index in [1.807, 2.05) is 66.7 Å². The smallest absolute Gasteiger partial charge is 0.109 e. The third-order valence-electron chi connectivity index (χ3n) is 3.38. The number of fused-ring (bicyclic) bond motifs is 1. The molecule has 19 heavy (non-hydrogen) atoms. The highest BCUT2D eigenvalue weighted by Gasteiger charge is 2.24. The van der Waals surface area contributed by atoms with Crippen molar-refractivity contribution < 1.29 is 9.84 Å². The van der Waals surface area contributed by atoms with Crippen LogP contribution in [0.5, 0.6) is 0 Å². The van der Waals surface area contributed by atoms with Gasteiger partial charge >= 0.3 is 0 Å². The summed E-state index contributed by atoms with van der Waals surface area (Å²) in [4.78, 5) is 0. The van der Waals surface area contributed by atoms with Gasteiger partial charge < -0.3 is 9.84 Å². The first-order valence-corrected chi connectivity index (χ1v) is 6.45. The molecule has 96 valence electrons. The average molecular weight is 252 g/mol. The van der Waals surface area contributed by atoms with E-state index in [0.29, 0.717) is 6.61 Å². The minimum Gasteiger partial charge on any atom is -0.385 e. The minimum atomic E-state index is -0.593. The first-order valence-electron chi connectivity index (χ1n) is 6.45. The van der Waals surface area contributed by atoms with E-state index < -0.39 is 6.10 Å². The molecule has 1 aliphatic carbocycles. The maximum Gasteiger partial charge on any atom is 0.109 e. The van der Waals surface area contributed by atoms with Crippen LogP contribution in [0.4, 0.5) is 0 Å². The topological polar surface area (TPSA) is 29.5 Å². The summed E-state index contributed by atoms with van der Waals surface area (Å²) in [5.74, 6) is 0. The van der Waals surface area contributed by atoms with Gasteiger partial charge in [-0.25, -0.2) is 0 Å². The number of hydrogen-bond acceptors (Lipinski definition) is 2. The molecule has 2 aromatic rings. The number of rotatable bonds is 3. The number of hydrogen-bond donors (Lipinski definition) is 1. The molecule has 0 aliphatic heterocycles. The highest BCUT2D eigenvalue weighted by atomic mass is 16.5. The van der Waals surface area contributed by atoms with Crippen molar-refractivity contribution in [2.45, 2.75) is 18.8 Å². The molecular weight excluding hydrogens is 236 g/mol. The summed E-state index contributed by atoms with van der Waals surface area (Å²) in [6, 6.07) is 17.9. The molecule has 0 fully saturated rings. The Labute approximate surface area is 113 Å². The predicted octanol–water partition coefficient (Wildman–Crippen LogP) is 3.33. The summed E-state index contributed by atoms with van der Waals surface area (Å²) in [6.07, 6.45) is 3.06. The zero-order chi connectivity index (χ0) is 13.1. The van der Waals surface area contributed by atoms with Crippen LogP contribution >= 0.6 is 0 Å². The number of ether oxygens (including phenoxy) is 1. The first kappa shape index (κ1) is 12.2. The molecular formula is C17H16O2. The Balaban J connectivity index is 1.71. The van der Waals surface area contributed by atoms with E-state index in [9.17, 15) is 5.11 Å². The van der Waals surface area contributed by atoms with E-state index >= 15 is 0 Å². The lowest BCUT2D eigenvalue weighted by Gasteiger charge is -2.25. The summed E-state index contributed by atoms with van der Waals surface area (Å²) in [5.41, 5.74) is 3.11. The second-order valence-corrected chi connectivity index (χ2v) is 4.69. The van der Waals surface area contributed by atoms with Crippen LogP contribution in [0.25, 0.3) is 6.08 Å². The van der Waals surface area contributed by atoms with Crippen molar-refractivity contribution in [3.63, 3.8) is 0 Å². The van der Waals surface area contributed by atoms with Gasteiger partial charge in [0.25, 0.3) is 0 Å². The number of benzene rings is 2. The van der Waals surface area contributed by atoms with E-state index in [2.05, 4.69) is 0 Å². The van der Waals surface area contributed by atoms with Crippen LogP contribution in [0.15, 0.2) is 60.7 Å². The third-order valence-corrected chi connectivity index (χ3v) is 3.38. The average Bonchev–Trinajstić information content (AvgIpc) is 2.48. The molecule has 0 saturated heterocycles. The zero-order valence-electron chi connectivity index (χ0n) is 10.6. The van der Waals surface area contributed by atoms with E-state index in [4.69, 9.17) is 4.74 Å². The van der Waals surface area contributed by atoms with Crippen LogP contribution in [-0.2, 0) is 11.3 Å². The van der Waals surface area contributed by atoms with Gasteiger partial charge in [-0.3, -0.25) is 0 Å². The Morgan fingerprint density at radius 2 is 1.68 bits per heavy atom. The Hall–Kier alpha value is -1.90. The molecule has 0 aromatic heterocycles. The Morgan fingerprint density at radius 3 is 2.53 bits per heavy atom. The minimum absolute atomic E-state index is 0.282. The molecule has 0 spiro atoms. The van der Waals surface area contributed by atoms with Gasteiger partial charge in [-0.15, -0.1) is 0 Å². The van der Waals surface area contributed by atoms with Gasteiger partial charge in [0.15, 0.2) is 0 Å². The summed E-state index contributed by atoms with van der Waals surface area (Å²) < 4.78 is 5.80. The summed E-state index contributed by atoms with van der Waals surface area (Å²) in [5, 5.41) is 10.3. The van der Waals surface area contributed by atoms with Crippen molar-refractivity contribution >= 4 is 6.08 Å². The highest BCUT2D eigenvalue weighted by Crippen LogP contribution is 2.29. The molecule has 0 bridgehead atoms. The third kappa shape index (κ3) is 2.60. The van der Waals surface area contributed by atoms with Crippen LogP contribution in [0, 0.1) is 0 Å². The van der Waals surface area contributed by atoms with Crippen LogP contribution < -0.4 is 0 Å². The molecule has 0 amide bonds. The summed E-state index contributed by atoms with van der Waals surface area (Å²) in [7, 11) is 0. The van der Waals surface area contributed by atoms with Crippen molar-refractivity contribution in [3.05, 3.63) is 77.4 Å². The molecule has 3 rings (SSSR count). The van der Waals surface area contributed by atoms with Gasteiger partial charge in [-0.1, -0.05) is 66.7 Å². The van der Waals surface area contributed by atoms with Gasteiger partial charge in [-0.05, 0) is 16.7 Å². The van der Waals surface area contributed by atoms with Crippen molar-refractivity contribution in [1.82, 2.24) is 0 Å². The summed E-state index contributed by atoms with van der Waals surface area (Å²) >= 11 is 0. The molecule has 2 atom stereocenters. The monoisotopic (exact) mass is 252 g/mol. The fourth-order valence-electron chi connectivity index (χ4n) is 2.33. The molecule has 0 unspecified atom stereocenters. The zero-order valence-corrected chi connectivity index (χ0v) is 10.6. The van der Waals surface area contributed by atoms with Gasteiger partial charge in [-0.2, -0.15) is 0 Å². The van der Waals surface area contributed by atoms with Gasteiger partial charge in [0.1, 0.15) is 12.2 Å². The van der Waals surface area contributed by atoms with Crippen LogP contribution in [0.2, 0.25) is 0 Å². The second-order valence-electron chi connectivity index (χ2n) is 4.69. The Bertz CT molecular complexity index is 575. The lowest BCUT2D eigenvalue weighted by Crippen LogP contribution is -2.23. The van der Waals surface area contributed by atoms with Gasteiger partial charge in [0.2, 0.25) is 0 Å². The Kier molecular flexibility index (Phi) is 3.45. The van der Waals surface area contributed by atoms with Gasteiger partial charge in [0.05, 0.1) is 6.61 Å². The molecule has 2 heteroatoms. The molecule has 1 aliphatic rings. The Morgan fingerprint density at radius 1 is 0.947 bits per heavy atom. The highest BCUT2D eigenvalue weighted by molar-refractivity contribution is 5.58. The molecule has 0 saturated carbocycles. The maximum atomic E-state index is 10.3. The predicted molar refractivity (Wildman–Crippen MR) is 75.5 cm³/mol. The van der Waals surface area contributed by atoms with Crippen molar-refractivity contribution in [2.24, 2.45) is 0 Å². The number of aliphatic hydroxyl groups is 1. The van der Waals surface area contributed by atoms with Crippen molar-refractivity contribution in [2.75, 3.05) is 0 Å². The van der Waals surface area contributed by atoms with Crippen LogP contribution in [0.1, 0.15) is 22.8 Å². The standard InChI is InChI=1S/C17H16O2/c18-17-15-9-5-4-8-14(15)10-11-16(17)19-12-13-6-2-1-3-7-13/h1-11,16-18H,12H2/t16-,17-/m1/s1. The van der Waals surface area contributed by atoms with Crippen LogP contribution in [-0.4, -0.2) is 11.2 Å². The normalized spacial score (nSPS) is 21.1. The fraction of sp³-hybridized carbons (Fsp3) is 0.176. The largest absolute Gasteiger partial charge is 0.385 e. The van der Waals surface area contributed by atoms with E-state index in [1.165, 1.54) is 0 Å². The van der Waals surface area contributed by atoms with Crippen molar-refractivity contribution in [1.29, 1.82) is 0 Å². The van der Waals surface area contributed by atoms with E-state index in [1.54, 1.807) is 0 Å². The molecule has 2 aromatic carbocycles. The first-order chi connectivity index (χ1) is 9.34. The lowest BCUT2D eigenvalue weighted by molar-refractivity contribution is -0.0206. The molecule has 0 radical (unpaired) electrons. The molecule has 2 nitrogen and oxygen atoms in total. The van der Waals surface area contributed by atoms with E-state index in [0.717, 1.165) is 16.7 Å². The quantitative estimate of drug-likeness (QED) is 0.908. The van der Waals surface area contributed by atoms with Crippen molar-refractivity contribution in [3.8, 4) is 0 Å². The maximum absolute atomic E-state index is 10.3. The molecule has 0 heterocycles. The number of aliphatic hydroxyl groups excluding tert-OH is 1. The van der Waals surface area contributed by atoms with Gasteiger partial charge in [0, 0.05) is 0 Å². The molecule has 1 N–H and O–H groups in total. The van der Waals surface area contributed by atoms with Crippen LogP contribution in [0.3, 0.4) is 0 Å². The summed E-state index contributed by atoms with van der Waals surface area (Å²) in [6.45, 7) is 0.509. The lowest BCUT2D eigenvalue weighted by atomic mass is 9.93.